The first-order valence-corrected chi connectivity index (χ1v) is 12.5. The van der Waals surface area contributed by atoms with Crippen LogP contribution in [0.1, 0.15) is 38.3 Å². The number of rotatable bonds is 5. The number of amides is 2. The quantitative estimate of drug-likeness (QED) is 0.369. The number of carbonyl (C=O) groups is 2. The van der Waals surface area contributed by atoms with Gasteiger partial charge in [-0.2, -0.15) is 0 Å². The lowest BCUT2D eigenvalue weighted by Gasteiger charge is -2.27. The van der Waals surface area contributed by atoms with Gasteiger partial charge in [-0.1, -0.05) is 58.9 Å². The summed E-state index contributed by atoms with van der Waals surface area (Å²) in [4.78, 5) is 28.0. The van der Waals surface area contributed by atoms with Gasteiger partial charge in [-0.25, -0.2) is 4.79 Å². The molecule has 7 heteroatoms. The van der Waals surface area contributed by atoms with Crippen LogP contribution in [0.4, 0.5) is 10.5 Å². The van der Waals surface area contributed by atoms with Crippen molar-refractivity contribution < 1.29 is 19.1 Å². The summed E-state index contributed by atoms with van der Waals surface area (Å²) in [6, 6.07) is 22.1. The van der Waals surface area contributed by atoms with Gasteiger partial charge in [0.2, 0.25) is 5.91 Å². The third-order valence-corrected chi connectivity index (χ3v) is 6.07. The van der Waals surface area contributed by atoms with Gasteiger partial charge in [0, 0.05) is 16.5 Å². The molecule has 2 amide bonds. The normalized spacial score (nSPS) is 15.7. The Balaban J connectivity index is 1.60. The van der Waals surface area contributed by atoms with Crippen LogP contribution in [0, 0.1) is 0 Å². The fourth-order valence-electron chi connectivity index (χ4n) is 3.97. The number of para-hydroxylation sites is 1. The Morgan fingerprint density at radius 3 is 2.39 bits per heavy atom. The number of ether oxygens (including phenoxy) is 2. The summed E-state index contributed by atoms with van der Waals surface area (Å²) in [5.74, 6) is 1.22. The Hall–Kier alpha value is -3.58. The largest absolute Gasteiger partial charge is 0.457 e. The van der Waals surface area contributed by atoms with Crippen molar-refractivity contribution in [1.82, 2.24) is 5.32 Å². The first-order valence-electron chi connectivity index (χ1n) is 11.7. The number of alkyl carbamates (subject to hydrolysis) is 1. The predicted octanol–water partition coefficient (Wildman–Crippen LogP) is 7.08. The number of anilines is 1. The summed E-state index contributed by atoms with van der Waals surface area (Å²) in [7, 11) is 0. The Labute approximate surface area is 220 Å². The molecule has 1 atom stereocenters. The van der Waals surface area contributed by atoms with E-state index >= 15 is 0 Å². The average Bonchev–Trinajstić information content (AvgIpc) is 2.90. The molecule has 0 saturated carbocycles. The first-order chi connectivity index (χ1) is 17.1. The summed E-state index contributed by atoms with van der Waals surface area (Å²) in [6.07, 6.45) is -0.351. The van der Waals surface area contributed by atoms with E-state index in [1.54, 1.807) is 25.7 Å². The van der Waals surface area contributed by atoms with Crippen molar-refractivity contribution >= 4 is 39.2 Å². The van der Waals surface area contributed by atoms with E-state index < -0.39 is 17.7 Å². The van der Waals surface area contributed by atoms with Gasteiger partial charge < -0.3 is 19.7 Å². The third-order valence-electron chi connectivity index (χ3n) is 5.58. The molecule has 0 saturated heterocycles. The van der Waals surface area contributed by atoms with Crippen LogP contribution in [0.15, 0.2) is 83.8 Å². The van der Waals surface area contributed by atoms with E-state index in [9.17, 15) is 9.59 Å². The maximum absolute atomic E-state index is 13.8. The number of carbonyl (C=O) groups excluding carboxylic acids is 2. The summed E-state index contributed by atoms with van der Waals surface area (Å²) in [5, 5.41) is 2.75. The van der Waals surface area contributed by atoms with E-state index in [1.165, 1.54) is 0 Å². The van der Waals surface area contributed by atoms with Crippen molar-refractivity contribution in [2.45, 2.75) is 45.4 Å². The summed E-state index contributed by atoms with van der Waals surface area (Å²) in [5.41, 5.74) is 2.60. The Kier molecular flexibility index (Phi) is 7.50. The SMILES string of the molecule is C=C1CC(NC(=O)OC(C)(C)C)C(=O)N(Cc2ccc(Oc3ccccc3)cc2)c2cc(Br)ccc21. The second kappa shape index (κ2) is 10.6. The highest BCUT2D eigenvalue weighted by Crippen LogP contribution is 2.36. The highest BCUT2D eigenvalue weighted by atomic mass is 79.9. The molecular weight excluding hydrogens is 520 g/mol. The van der Waals surface area contributed by atoms with Gasteiger partial charge in [0.25, 0.3) is 0 Å². The van der Waals surface area contributed by atoms with Gasteiger partial charge in [0.05, 0.1) is 12.2 Å². The van der Waals surface area contributed by atoms with Crippen molar-refractivity contribution in [2.24, 2.45) is 0 Å². The molecule has 0 bridgehead atoms. The van der Waals surface area contributed by atoms with E-state index in [0.717, 1.165) is 32.6 Å². The number of nitrogens with zero attached hydrogens (tertiary/aromatic N) is 1. The second-order valence-corrected chi connectivity index (χ2v) is 10.6. The monoisotopic (exact) mass is 548 g/mol. The van der Waals surface area contributed by atoms with E-state index in [1.807, 2.05) is 72.8 Å². The third kappa shape index (κ3) is 6.34. The number of fused-ring (bicyclic) bond motifs is 1. The average molecular weight is 549 g/mol. The second-order valence-electron chi connectivity index (χ2n) is 9.65. The van der Waals surface area contributed by atoms with E-state index in [0.29, 0.717) is 12.3 Å². The number of benzene rings is 3. The zero-order valence-corrected chi connectivity index (χ0v) is 22.2. The van der Waals surface area contributed by atoms with Gasteiger partial charge in [0.15, 0.2) is 0 Å². The van der Waals surface area contributed by atoms with Crippen molar-refractivity contribution in [1.29, 1.82) is 0 Å². The van der Waals surface area contributed by atoms with Gasteiger partial charge in [-0.05, 0) is 68.3 Å². The maximum atomic E-state index is 13.8. The lowest BCUT2D eigenvalue weighted by atomic mass is 10.0. The first kappa shape index (κ1) is 25.5. The van der Waals surface area contributed by atoms with Crippen LogP contribution in [0.3, 0.4) is 0 Å². The molecule has 36 heavy (non-hydrogen) atoms. The smallest absolute Gasteiger partial charge is 0.408 e. The predicted molar refractivity (Wildman–Crippen MR) is 145 cm³/mol. The minimum atomic E-state index is -0.806. The van der Waals surface area contributed by atoms with Crippen LogP contribution >= 0.6 is 15.9 Å². The van der Waals surface area contributed by atoms with Crippen LogP contribution in [-0.2, 0) is 16.1 Å². The van der Waals surface area contributed by atoms with Crippen LogP contribution in [0.5, 0.6) is 11.5 Å². The van der Waals surface area contributed by atoms with Crippen LogP contribution in [0.2, 0.25) is 0 Å². The fraction of sp³-hybridized carbons (Fsp3) is 0.241. The number of hydrogen-bond acceptors (Lipinski definition) is 4. The standard InChI is InChI=1S/C29H29BrN2O4/c1-19-16-25(31-28(34)36-29(2,3)4)27(33)32(26-17-21(30)12-15-24(19)26)18-20-10-13-23(14-11-20)35-22-8-6-5-7-9-22/h5-15,17,25H,1,16,18H2,2-4H3,(H,31,34). The molecule has 4 rings (SSSR count). The number of halogens is 1. The van der Waals surface area contributed by atoms with E-state index in [4.69, 9.17) is 9.47 Å². The molecule has 1 N–H and O–H groups in total. The van der Waals surface area contributed by atoms with Crippen molar-refractivity contribution in [2.75, 3.05) is 4.90 Å². The van der Waals surface area contributed by atoms with Gasteiger partial charge in [-0.15, -0.1) is 0 Å². The molecule has 0 fully saturated rings. The molecule has 6 nitrogen and oxygen atoms in total. The summed E-state index contributed by atoms with van der Waals surface area (Å²) in [6.45, 7) is 9.86. The minimum Gasteiger partial charge on any atom is -0.457 e. The Morgan fingerprint density at radius 1 is 1.06 bits per heavy atom. The Bertz CT molecular complexity index is 1270. The zero-order valence-electron chi connectivity index (χ0n) is 20.6. The van der Waals surface area contributed by atoms with Crippen LogP contribution < -0.4 is 15.0 Å². The fourth-order valence-corrected chi connectivity index (χ4v) is 4.32. The van der Waals surface area contributed by atoms with Crippen LogP contribution in [0.25, 0.3) is 5.57 Å². The molecule has 1 unspecified atom stereocenters. The number of nitrogens with one attached hydrogen (secondary N) is 1. The van der Waals surface area contributed by atoms with Gasteiger partial charge >= 0.3 is 6.09 Å². The lowest BCUT2D eigenvalue weighted by molar-refractivity contribution is -0.120. The van der Waals surface area contributed by atoms with Crippen molar-refractivity contribution in [3.8, 4) is 11.5 Å². The molecule has 3 aromatic rings. The molecule has 0 radical (unpaired) electrons. The molecule has 0 aromatic heterocycles. The molecule has 1 aliphatic heterocycles. The molecule has 0 spiro atoms. The zero-order chi connectivity index (χ0) is 25.9. The lowest BCUT2D eigenvalue weighted by Crippen LogP contribution is -2.49. The summed E-state index contributed by atoms with van der Waals surface area (Å²) >= 11 is 3.52. The molecule has 1 heterocycles. The van der Waals surface area contributed by atoms with Gasteiger partial charge in [-0.3, -0.25) is 4.79 Å². The molecule has 1 aliphatic rings. The molecular formula is C29H29BrN2O4. The molecule has 186 valence electrons. The van der Waals surface area contributed by atoms with E-state index in [2.05, 4.69) is 27.8 Å². The van der Waals surface area contributed by atoms with Gasteiger partial charge in [0.1, 0.15) is 23.1 Å². The minimum absolute atomic E-state index is 0.233. The molecule has 0 aliphatic carbocycles. The topological polar surface area (TPSA) is 67.9 Å². The highest BCUT2D eigenvalue weighted by molar-refractivity contribution is 9.10. The maximum Gasteiger partial charge on any atom is 0.408 e. The van der Waals surface area contributed by atoms with Crippen LogP contribution in [-0.4, -0.2) is 23.6 Å². The van der Waals surface area contributed by atoms with E-state index in [-0.39, 0.29) is 12.3 Å². The highest BCUT2D eigenvalue weighted by Gasteiger charge is 2.34. The number of hydrogen-bond donors (Lipinski definition) is 1. The van der Waals surface area contributed by atoms with Crippen molar-refractivity contribution in [3.05, 3.63) is 95.0 Å². The molecule has 3 aromatic carbocycles. The Morgan fingerprint density at radius 2 is 1.72 bits per heavy atom. The van der Waals surface area contributed by atoms with Crippen molar-refractivity contribution in [3.63, 3.8) is 0 Å². The summed E-state index contributed by atoms with van der Waals surface area (Å²) < 4.78 is 12.1.